The number of hydrogen-bond acceptors (Lipinski definition) is 4. The van der Waals surface area contributed by atoms with Gasteiger partial charge in [-0.25, -0.2) is 0 Å². The number of alkyl halides is 2. The maximum atomic E-state index is 10.2. The Morgan fingerprint density at radius 2 is 2.00 bits per heavy atom. The first kappa shape index (κ1) is 18.1. The number of methoxy groups -OCH3 is 1. The van der Waals surface area contributed by atoms with Gasteiger partial charge in [-0.05, 0) is 0 Å². The van der Waals surface area contributed by atoms with Gasteiger partial charge in [0.2, 0.25) is 0 Å². The highest BCUT2D eigenvalue weighted by molar-refractivity contribution is 6.40. The zero-order chi connectivity index (χ0) is 9.28. The summed E-state index contributed by atoms with van der Waals surface area (Å²) in [4.78, 5) is 10.2. The molecule has 0 aliphatic rings. The summed E-state index contributed by atoms with van der Waals surface area (Å²) < 4.78 is 4.18. The molecule has 0 aromatic rings. The van der Waals surface area contributed by atoms with E-state index in [1.165, 1.54) is 7.11 Å². The molecule has 12 heavy (non-hydrogen) atoms. The van der Waals surface area contributed by atoms with E-state index in [9.17, 15) is 4.79 Å². The predicted molar refractivity (Wildman–Crippen MR) is 50.9 cm³/mol. The topological polar surface area (TPSA) is 72.5 Å². The largest absolute Gasteiger partial charge is 0.468 e. The van der Waals surface area contributed by atoms with Crippen LogP contribution in [0.5, 0.6) is 0 Å². The quantitative estimate of drug-likeness (QED) is 0.539. The first-order valence-corrected chi connectivity index (χ1v) is 3.77. The van der Waals surface area contributed by atoms with Crippen LogP contribution in [0.15, 0.2) is 0 Å². The van der Waals surface area contributed by atoms with Crippen LogP contribution in [0.4, 0.5) is 0 Å². The first-order chi connectivity index (χ1) is 5.13. The zero-order valence-corrected chi connectivity index (χ0v) is 8.83. The minimum Gasteiger partial charge on any atom is -0.468 e. The molecule has 76 valence electrons. The molecule has 0 radical (unpaired) electrons. The minimum atomic E-state index is -0.889. The molecule has 1 atom stereocenters. The number of nitrogens with two attached hydrogens (primary N) is 1. The van der Waals surface area contributed by atoms with Crippen LogP contribution >= 0.6 is 35.6 Å². The molecule has 0 bridgehead atoms. The van der Waals surface area contributed by atoms with Gasteiger partial charge in [0.15, 0.2) is 0 Å². The van der Waals surface area contributed by atoms with Crippen molar-refractivity contribution in [3.05, 3.63) is 0 Å². The van der Waals surface area contributed by atoms with Gasteiger partial charge in [-0.15, -0.1) is 35.6 Å². The van der Waals surface area contributed by atoms with Crippen LogP contribution in [0.1, 0.15) is 0 Å². The lowest BCUT2D eigenvalue weighted by Gasteiger charge is -2.02. The summed E-state index contributed by atoms with van der Waals surface area (Å²) in [5.41, 5.74) is 5.00. The minimum absolute atomic E-state index is 0. The number of carbonyl (C=O) groups is 1. The van der Waals surface area contributed by atoms with E-state index in [1.54, 1.807) is 0 Å². The molecule has 0 amide bonds. The van der Waals surface area contributed by atoms with Crippen molar-refractivity contribution in [2.24, 2.45) is 5.73 Å². The number of carbonyl (C=O) groups excluding carboxylic acids is 1. The van der Waals surface area contributed by atoms with Crippen molar-refractivity contribution < 1.29 is 14.6 Å². The van der Waals surface area contributed by atoms with Crippen molar-refractivity contribution in [3.63, 3.8) is 0 Å². The molecule has 0 aromatic heterocycles. The monoisotopic (exact) mass is 239 g/mol. The molecule has 4 nitrogen and oxygen atoms in total. The van der Waals surface area contributed by atoms with Crippen LogP contribution in [0.2, 0.25) is 0 Å². The second-order valence-electron chi connectivity index (χ2n) is 1.41. The molecule has 0 heterocycles. The van der Waals surface area contributed by atoms with Crippen LogP contribution in [-0.4, -0.2) is 36.2 Å². The van der Waals surface area contributed by atoms with Gasteiger partial charge in [0.1, 0.15) is 6.04 Å². The number of rotatable bonds is 2. The summed E-state index contributed by atoms with van der Waals surface area (Å²) in [6.45, 7) is -0.368. The lowest BCUT2D eigenvalue weighted by atomic mass is 10.3. The highest BCUT2D eigenvalue weighted by atomic mass is 35.5. The Kier molecular flexibility index (Phi) is 20.9. The van der Waals surface area contributed by atoms with Crippen molar-refractivity contribution in [3.8, 4) is 0 Å². The van der Waals surface area contributed by atoms with Gasteiger partial charge in [-0.3, -0.25) is 4.79 Å². The van der Waals surface area contributed by atoms with Gasteiger partial charge in [-0.2, -0.15) is 0 Å². The fourth-order valence-electron chi connectivity index (χ4n) is 0.226. The van der Waals surface area contributed by atoms with Crippen molar-refractivity contribution >= 4 is 41.6 Å². The molecule has 0 aliphatic heterocycles. The van der Waals surface area contributed by atoms with E-state index in [0.717, 1.165) is 0 Å². The van der Waals surface area contributed by atoms with Gasteiger partial charge >= 0.3 is 5.97 Å². The SMILES string of the molecule is COC(=O)C(N)CO.Cl.ClCCl. The van der Waals surface area contributed by atoms with E-state index in [-0.39, 0.29) is 24.4 Å². The Morgan fingerprint density at radius 3 is 2.08 bits per heavy atom. The summed E-state index contributed by atoms with van der Waals surface area (Å²) >= 11 is 9.53. The van der Waals surface area contributed by atoms with E-state index in [0.29, 0.717) is 0 Å². The second kappa shape index (κ2) is 13.8. The Morgan fingerprint density at radius 1 is 1.67 bits per heavy atom. The van der Waals surface area contributed by atoms with E-state index < -0.39 is 12.0 Å². The number of hydrogen-bond donors (Lipinski definition) is 2. The fraction of sp³-hybridized carbons (Fsp3) is 0.800. The van der Waals surface area contributed by atoms with E-state index in [1.807, 2.05) is 0 Å². The van der Waals surface area contributed by atoms with E-state index in [4.69, 9.17) is 34.0 Å². The van der Waals surface area contributed by atoms with Gasteiger partial charge in [0.25, 0.3) is 0 Å². The molecule has 0 saturated carbocycles. The standard InChI is InChI=1S/C4H9NO3.CH2Cl2.ClH/c1-8-4(7)3(5)2-6;2-1-3;/h3,6H,2,5H2,1H3;1H2;1H. The second-order valence-corrected chi connectivity index (χ2v) is 2.22. The van der Waals surface area contributed by atoms with Crippen molar-refractivity contribution in [2.45, 2.75) is 6.04 Å². The van der Waals surface area contributed by atoms with Gasteiger partial charge < -0.3 is 15.6 Å². The van der Waals surface area contributed by atoms with Crippen LogP contribution in [0.3, 0.4) is 0 Å². The highest BCUT2D eigenvalue weighted by Gasteiger charge is 2.10. The van der Waals surface area contributed by atoms with Crippen LogP contribution < -0.4 is 5.73 Å². The van der Waals surface area contributed by atoms with Crippen LogP contribution in [-0.2, 0) is 9.53 Å². The Balaban J connectivity index is -0.000000177. The third kappa shape index (κ3) is 12.9. The summed E-state index contributed by atoms with van der Waals surface area (Å²) in [6, 6.07) is -0.889. The van der Waals surface area contributed by atoms with E-state index in [2.05, 4.69) is 4.74 Å². The van der Waals surface area contributed by atoms with E-state index >= 15 is 0 Å². The molecule has 0 spiro atoms. The number of aliphatic hydroxyl groups is 1. The molecule has 0 rings (SSSR count). The smallest absolute Gasteiger partial charge is 0.325 e. The molecule has 1 unspecified atom stereocenters. The van der Waals surface area contributed by atoms with Gasteiger partial charge in [-0.1, -0.05) is 0 Å². The molecule has 0 aliphatic carbocycles. The predicted octanol–water partition coefficient (Wildman–Crippen LogP) is 0.322. The molecule has 3 N–H and O–H groups in total. The third-order valence-electron chi connectivity index (χ3n) is 0.701. The van der Waals surface area contributed by atoms with Crippen molar-refractivity contribution in [2.75, 3.05) is 19.1 Å². The number of ether oxygens (including phenoxy) is 1. The molecule has 0 saturated heterocycles. The van der Waals surface area contributed by atoms with Crippen LogP contribution in [0.25, 0.3) is 0 Å². The Labute approximate surface area is 87.4 Å². The Bertz CT molecular complexity index is 104. The highest BCUT2D eigenvalue weighted by Crippen LogP contribution is 1.78. The first-order valence-electron chi connectivity index (χ1n) is 2.70. The molecule has 7 heteroatoms. The van der Waals surface area contributed by atoms with Crippen LogP contribution in [0, 0.1) is 0 Å². The van der Waals surface area contributed by atoms with Gasteiger partial charge in [0, 0.05) is 0 Å². The summed E-state index contributed by atoms with van der Waals surface area (Å²) in [6.07, 6.45) is 0. The maximum absolute atomic E-state index is 10.2. The average molecular weight is 241 g/mol. The van der Waals surface area contributed by atoms with Gasteiger partial charge in [0.05, 0.1) is 19.1 Å². The number of aliphatic hydroxyl groups excluding tert-OH is 1. The number of esters is 1. The normalized spacial score (nSPS) is 10.1. The number of halogens is 3. The lowest BCUT2D eigenvalue weighted by Crippen LogP contribution is -2.34. The van der Waals surface area contributed by atoms with Crippen molar-refractivity contribution in [1.82, 2.24) is 0 Å². The molecular weight excluding hydrogens is 228 g/mol. The lowest BCUT2D eigenvalue weighted by molar-refractivity contribution is -0.143. The average Bonchev–Trinajstić information content (AvgIpc) is 2.03. The summed E-state index contributed by atoms with van der Waals surface area (Å²) in [5.74, 6) is -0.590. The molecule has 0 aromatic carbocycles. The summed E-state index contributed by atoms with van der Waals surface area (Å²) in [5, 5.41) is 8.40. The molecule has 0 fully saturated rings. The summed E-state index contributed by atoms with van der Waals surface area (Å²) in [7, 11) is 1.22. The third-order valence-corrected chi connectivity index (χ3v) is 0.701. The fourth-order valence-corrected chi connectivity index (χ4v) is 0.226. The Hall–Kier alpha value is 0.260. The zero-order valence-electron chi connectivity index (χ0n) is 6.50. The van der Waals surface area contributed by atoms with Crippen molar-refractivity contribution in [1.29, 1.82) is 0 Å². The molecular formula is C5H12Cl3NO3. The maximum Gasteiger partial charge on any atom is 0.325 e.